The Morgan fingerprint density at radius 1 is 1.11 bits per heavy atom. The Labute approximate surface area is 213 Å². The number of ether oxygens (including phenoxy) is 1. The molecule has 7 nitrogen and oxygen atoms in total. The van der Waals surface area contributed by atoms with Crippen LogP contribution >= 0.6 is 10.8 Å². The lowest BCUT2D eigenvalue weighted by Gasteiger charge is -2.23. The van der Waals surface area contributed by atoms with E-state index >= 15 is 0 Å². The summed E-state index contributed by atoms with van der Waals surface area (Å²) < 4.78 is 28.2. The number of benzene rings is 1. The number of hydrogen-bond acceptors (Lipinski definition) is 8. The minimum Gasteiger partial charge on any atom is -0.465 e. The largest absolute Gasteiger partial charge is 0.465 e. The number of allylic oxidation sites excluding steroid dienone is 2. The van der Waals surface area contributed by atoms with E-state index in [0.717, 1.165) is 12.7 Å². The topological polar surface area (TPSA) is 121 Å². The molecule has 0 aliphatic heterocycles. The van der Waals surface area contributed by atoms with Crippen LogP contribution in [0, 0.1) is 11.8 Å². The molecule has 0 aromatic heterocycles. The summed E-state index contributed by atoms with van der Waals surface area (Å²) >= 11 is 0. The predicted molar refractivity (Wildman–Crippen MR) is 139 cm³/mol. The summed E-state index contributed by atoms with van der Waals surface area (Å²) in [5.74, 6) is -0.723. The maximum Gasteiger partial charge on any atom is 0.320 e. The number of carbonyl (C=O) groups is 1. The lowest BCUT2D eigenvalue weighted by Crippen LogP contribution is -2.23. The molecule has 2 rings (SSSR count). The summed E-state index contributed by atoms with van der Waals surface area (Å²) in [7, 11) is -2.77. The second-order valence-corrected chi connectivity index (χ2v) is 13.8. The molecule has 3 N–H and O–H groups in total. The van der Waals surface area contributed by atoms with Gasteiger partial charge in [-0.25, -0.2) is 8.42 Å². The molecule has 1 aromatic rings. The van der Waals surface area contributed by atoms with Gasteiger partial charge in [-0.2, -0.15) is 0 Å². The summed E-state index contributed by atoms with van der Waals surface area (Å²) in [6.45, 7) is 1.87. The third kappa shape index (κ3) is 11.0. The van der Waals surface area contributed by atoms with Crippen LogP contribution in [0.15, 0.2) is 42.5 Å². The van der Waals surface area contributed by atoms with Crippen LogP contribution in [-0.4, -0.2) is 66.1 Å². The van der Waals surface area contributed by atoms with Gasteiger partial charge in [0.1, 0.15) is 5.25 Å². The highest BCUT2D eigenvalue weighted by Crippen LogP contribution is 2.38. The van der Waals surface area contributed by atoms with Crippen LogP contribution in [0.1, 0.15) is 57.4 Å². The molecule has 35 heavy (non-hydrogen) atoms. The number of aliphatic hydroxyl groups is 3. The standard InChI is InChI=1S/C26H40O7S2/c1-3-33-26(30)25(34-35(2,31)32)13-9-5-8-12-21-22(24(29)18-23(21)28)17-16-20(27)15-14-19-10-6-4-7-11-19/h4-8,10-11,20-25,27-29H,3,9,12-18H2,1-2H3/b8-5-/t20-,21+,22+,23+,24+,25?/m0/s1. The van der Waals surface area contributed by atoms with Crippen molar-refractivity contribution in [3.8, 4) is 0 Å². The second kappa shape index (κ2) is 15.0. The van der Waals surface area contributed by atoms with Crippen LogP contribution < -0.4 is 0 Å². The molecular weight excluding hydrogens is 488 g/mol. The van der Waals surface area contributed by atoms with Crippen LogP contribution in [0.5, 0.6) is 0 Å². The zero-order chi connectivity index (χ0) is 25.8. The molecule has 1 aliphatic rings. The summed E-state index contributed by atoms with van der Waals surface area (Å²) in [5, 5.41) is 30.6. The normalized spacial score (nSPS) is 24.5. The van der Waals surface area contributed by atoms with E-state index in [9.17, 15) is 28.5 Å². The van der Waals surface area contributed by atoms with Crippen LogP contribution in [0.4, 0.5) is 0 Å². The molecule has 1 aromatic carbocycles. The second-order valence-electron chi connectivity index (χ2n) is 9.28. The minimum absolute atomic E-state index is 0.0888. The average Bonchev–Trinajstić information content (AvgIpc) is 3.07. The molecular formula is C26H40O7S2. The van der Waals surface area contributed by atoms with Crippen molar-refractivity contribution in [1.29, 1.82) is 0 Å². The number of aliphatic hydroxyl groups excluding tert-OH is 3. The highest BCUT2D eigenvalue weighted by atomic mass is 33.1. The first-order valence-electron chi connectivity index (χ1n) is 12.4. The van der Waals surface area contributed by atoms with Gasteiger partial charge in [0.15, 0.2) is 8.87 Å². The molecule has 0 amide bonds. The summed E-state index contributed by atoms with van der Waals surface area (Å²) in [6, 6.07) is 10.0. The van der Waals surface area contributed by atoms with E-state index in [2.05, 4.69) is 0 Å². The molecule has 9 heteroatoms. The first-order chi connectivity index (χ1) is 16.6. The van der Waals surface area contributed by atoms with Gasteiger partial charge in [-0.15, -0.1) is 0 Å². The first-order valence-corrected chi connectivity index (χ1v) is 15.7. The molecule has 0 heterocycles. The first kappa shape index (κ1) is 29.8. The molecule has 1 saturated carbocycles. The third-order valence-electron chi connectivity index (χ3n) is 6.47. The van der Waals surface area contributed by atoms with E-state index < -0.39 is 38.4 Å². The minimum atomic E-state index is -3.39. The van der Waals surface area contributed by atoms with Crippen LogP contribution in [0.25, 0.3) is 0 Å². The van der Waals surface area contributed by atoms with Gasteiger partial charge < -0.3 is 20.1 Å². The quantitative estimate of drug-likeness (QED) is 0.180. The Morgan fingerprint density at radius 2 is 1.80 bits per heavy atom. The van der Waals surface area contributed by atoms with Gasteiger partial charge in [0.05, 0.1) is 24.9 Å². The van der Waals surface area contributed by atoms with Crippen molar-refractivity contribution >= 4 is 25.6 Å². The predicted octanol–water partition coefficient (Wildman–Crippen LogP) is 3.47. The number of esters is 1. The highest BCUT2D eigenvalue weighted by Gasteiger charge is 2.40. The van der Waals surface area contributed by atoms with Gasteiger partial charge in [0, 0.05) is 6.26 Å². The van der Waals surface area contributed by atoms with Gasteiger partial charge >= 0.3 is 5.97 Å². The molecule has 1 fully saturated rings. The zero-order valence-electron chi connectivity index (χ0n) is 20.7. The number of aryl methyl sites for hydroxylation is 1. The molecule has 0 spiro atoms. The number of hydrogen-bond donors (Lipinski definition) is 3. The smallest absolute Gasteiger partial charge is 0.320 e. The van der Waals surface area contributed by atoms with Crippen molar-refractivity contribution in [2.45, 2.75) is 81.9 Å². The van der Waals surface area contributed by atoms with E-state index in [1.807, 2.05) is 42.5 Å². The molecule has 1 aliphatic carbocycles. The van der Waals surface area contributed by atoms with Crippen LogP contribution in [-0.2, 0) is 24.8 Å². The fourth-order valence-corrected chi connectivity index (χ4v) is 7.27. The van der Waals surface area contributed by atoms with Crippen molar-refractivity contribution < 1.29 is 33.3 Å². The Hall–Kier alpha value is -1.39. The highest BCUT2D eigenvalue weighted by molar-refractivity contribution is 8.72. The van der Waals surface area contributed by atoms with Gasteiger partial charge in [-0.1, -0.05) is 42.5 Å². The Balaban J connectivity index is 1.81. The van der Waals surface area contributed by atoms with E-state index in [-0.39, 0.29) is 18.4 Å². The fraction of sp³-hybridized carbons (Fsp3) is 0.654. The molecule has 0 radical (unpaired) electrons. The van der Waals surface area contributed by atoms with Crippen molar-refractivity contribution in [1.82, 2.24) is 0 Å². The molecule has 6 atom stereocenters. The van der Waals surface area contributed by atoms with Crippen LogP contribution in [0.3, 0.4) is 0 Å². The molecule has 1 unspecified atom stereocenters. The Kier molecular flexibility index (Phi) is 12.8. The molecule has 0 bridgehead atoms. The maximum atomic E-state index is 12.1. The van der Waals surface area contributed by atoms with Gasteiger partial charge in [0.25, 0.3) is 0 Å². The average molecular weight is 529 g/mol. The van der Waals surface area contributed by atoms with Crippen molar-refractivity contribution in [2.75, 3.05) is 12.9 Å². The van der Waals surface area contributed by atoms with Gasteiger partial charge in [-0.05, 0) is 86.5 Å². The van der Waals surface area contributed by atoms with E-state index in [4.69, 9.17) is 4.74 Å². The third-order valence-corrected chi connectivity index (χ3v) is 9.23. The lowest BCUT2D eigenvalue weighted by atomic mass is 9.85. The number of carbonyl (C=O) groups excluding carboxylic acids is 1. The lowest BCUT2D eigenvalue weighted by molar-refractivity contribution is -0.142. The Bertz CT molecular complexity index is 888. The van der Waals surface area contributed by atoms with Crippen molar-refractivity contribution in [3.63, 3.8) is 0 Å². The van der Waals surface area contributed by atoms with Crippen molar-refractivity contribution in [3.05, 3.63) is 48.0 Å². The summed E-state index contributed by atoms with van der Waals surface area (Å²) in [6.07, 6.45) is 7.66. The van der Waals surface area contributed by atoms with E-state index in [1.165, 1.54) is 5.56 Å². The van der Waals surface area contributed by atoms with Crippen molar-refractivity contribution in [2.24, 2.45) is 11.8 Å². The van der Waals surface area contributed by atoms with E-state index in [0.29, 0.717) is 55.7 Å². The Morgan fingerprint density at radius 3 is 2.46 bits per heavy atom. The van der Waals surface area contributed by atoms with Crippen LogP contribution in [0.2, 0.25) is 0 Å². The molecule has 198 valence electrons. The monoisotopic (exact) mass is 528 g/mol. The SMILES string of the molecule is CCOC(=O)C(CC/C=C\C[C@@H]1[C@@H](CC[C@@H](O)CCc2ccccc2)[C@H](O)C[C@H]1O)SS(C)(=O)=O. The fourth-order valence-electron chi connectivity index (χ4n) is 4.68. The van der Waals surface area contributed by atoms with E-state index in [1.54, 1.807) is 6.92 Å². The van der Waals surface area contributed by atoms with Gasteiger partial charge in [0.2, 0.25) is 0 Å². The zero-order valence-corrected chi connectivity index (χ0v) is 22.3. The maximum absolute atomic E-state index is 12.1. The van der Waals surface area contributed by atoms with Gasteiger partial charge in [-0.3, -0.25) is 4.79 Å². The molecule has 0 saturated heterocycles. The summed E-state index contributed by atoms with van der Waals surface area (Å²) in [4.78, 5) is 12.1. The number of rotatable bonds is 15. The summed E-state index contributed by atoms with van der Waals surface area (Å²) in [5.41, 5.74) is 1.19.